The first-order valence-corrected chi connectivity index (χ1v) is 5.55. The van der Waals surface area contributed by atoms with E-state index in [1.165, 1.54) is 12.1 Å². The van der Waals surface area contributed by atoms with E-state index >= 15 is 0 Å². The molecule has 2 N–H and O–H groups in total. The molecule has 0 aliphatic carbocycles. The van der Waals surface area contributed by atoms with Gasteiger partial charge in [0.05, 0.1) is 6.61 Å². The van der Waals surface area contributed by atoms with Crippen molar-refractivity contribution in [2.45, 2.75) is 32.3 Å². The average Bonchev–Trinajstić information content (AvgIpc) is 2.27. The SMILES string of the molecule is C[C@H](N[C@@H](C)CO)c1ccccc1OC(F)(F)F. The summed E-state index contributed by atoms with van der Waals surface area (Å²) in [6.07, 6.45) is -4.71. The van der Waals surface area contributed by atoms with Crippen LogP contribution in [0.2, 0.25) is 0 Å². The van der Waals surface area contributed by atoms with Crippen molar-refractivity contribution in [2.75, 3.05) is 6.61 Å². The Kier molecular flexibility index (Phi) is 4.98. The first-order chi connectivity index (χ1) is 8.33. The van der Waals surface area contributed by atoms with Crippen molar-refractivity contribution in [3.8, 4) is 5.75 Å². The Morgan fingerprint density at radius 1 is 1.28 bits per heavy atom. The Morgan fingerprint density at radius 3 is 2.44 bits per heavy atom. The van der Waals surface area contributed by atoms with Crippen LogP contribution >= 0.6 is 0 Å². The minimum absolute atomic E-state index is 0.0906. The number of aliphatic hydroxyl groups is 1. The van der Waals surface area contributed by atoms with Crippen LogP contribution in [0.4, 0.5) is 13.2 Å². The molecule has 0 saturated carbocycles. The third-order valence-corrected chi connectivity index (χ3v) is 2.42. The van der Waals surface area contributed by atoms with Crippen LogP contribution < -0.4 is 10.1 Å². The molecule has 1 aromatic carbocycles. The summed E-state index contributed by atoms with van der Waals surface area (Å²) in [5.74, 6) is -0.227. The Labute approximate surface area is 104 Å². The van der Waals surface area contributed by atoms with Crippen LogP contribution in [0, 0.1) is 0 Å². The molecule has 0 unspecified atom stereocenters. The van der Waals surface area contributed by atoms with Crippen LogP contribution in [0.15, 0.2) is 24.3 Å². The lowest BCUT2D eigenvalue weighted by Gasteiger charge is -2.21. The molecule has 2 atom stereocenters. The monoisotopic (exact) mass is 263 g/mol. The number of aliphatic hydroxyl groups excluding tert-OH is 1. The van der Waals surface area contributed by atoms with Crippen molar-refractivity contribution >= 4 is 0 Å². The third kappa shape index (κ3) is 4.54. The number of hydrogen-bond acceptors (Lipinski definition) is 3. The van der Waals surface area contributed by atoms with Gasteiger partial charge < -0.3 is 15.2 Å². The summed E-state index contributed by atoms with van der Waals surface area (Å²) in [5.41, 5.74) is 0.398. The molecule has 0 heterocycles. The predicted molar refractivity (Wildman–Crippen MR) is 61.2 cm³/mol. The molecular formula is C12H16F3NO2. The predicted octanol–water partition coefficient (Wildman–Crippen LogP) is 2.62. The Balaban J connectivity index is 2.87. The summed E-state index contributed by atoms with van der Waals surface area (Å²) < 4.78 is 40.7. The van der Waals surface area contributed by atoms with Gasteiger partial charge in [-0.3, -0.25) is 0 Å². The topological polar surface area (TPSA) is 41.5 Å². The maximum Gasteiger partial charge on any atom is 0.573 e. The van der Waals surface area contributed by atoms with Gasteiger partial charge in [-0.2, -0.15) is 0 Å². The number of ether oxygens (including phenoxy) is 1. The highest BCUT2D eigenvalue weighted by atomic mass is 19.4. The summed E-state index contributed by atoms with van der Waals surface area (Å²) in [6.45, 7) is 3.36. The lowest BCUT2D eigenvalue weighted by atomic mass is 10.1. The third-order valence-electron chi connectivity index (χ3n) is 2.42. The number of rotatable bonds is 5. The summed E-state index contributed by atoms with van der Waals surface area (Å²) in [7, 11) is 0. The Bertz CT molecular complexity index is 382. The molecule has 102 valence electrons. The van der Waals surface area contributed by atoms with Crippen molar-refractivity contribution in [3.05, 3.63) is 29.8 Å². The molecule has 0 amide bonds. The van der Waals surface area contributed by atoms with Gasteiger partial charge in [0.1, 0.15) is 5.75 Å². The van der Waals surface area contributed by atoms with Crippen LogP contribution in [0.1, 0.15) is 25.5 Å². The second-order valence-corrected chi connectivity index (χ2v) is 4.06. The molecule has 0 spiro atoms. The molecule has 0 fully saturated rings. The van der Waals surface area contributed by atoms with E-state index in [9.17, 15) is 13.2 Å². The number of para-hydroxylation sites is 1. The average molecular weight is 263 g/mol. The summed E-state index contributed by atoms with van der Waals surface area (Å²) in [4.78, 5) is 0. The molecule has 18 heavy (non-hydrogen) atoms. The fourth-order valence-electron chi connectivity index (χ4n) is 1.63. The molecule has 0 aliphatic heterocycles. The maximum absolute atomic E-state index is 12.2. The zero-order chi connectivity index (χ0) is 13.8. The molecule has 0 aromatic heterocycles. The molecule has 0 radical (unpaired) electrons. The highest BCUT2D eigenvalue weighted by Crippen LogP contribution is 2.30. The molecular weight excluding hydrogens is 247 g/mol. The second-order valence-electron chi connectivity index (χ2n) is 4.06. The van der Waals surface area contributed by atoms with E-state index in [1.807, 2.05) is 0 Å². The van der Waals surface area contributed by atoms with Gasteiger partial charge in [-0.15, -0.1) is 13.2 Å². The normalized spacial score (nSPS) is 15.2. The van der Waals surface area contributed by atoms with E-state index in [0.29, 0.717) is 5.56 Å². The molecule has 0 saturated heterocycles. The van der Waals surface area contributed by atoms with Crippen LogP contribution in [-0.4, -0.2) is 24.1 Å². The van der Waals surface area contributed by atoms with Crippen LogP contribution in [0.3, 0.4) is 0 Å². The van der Waals surface area contributed by atoms with E-state index < -0.39 is 6.36 Å². The number of benzene rings is 1. The van der Waals surface area contributed by atoms with Gasteiger partial charge in [-0.05, 0) is 19.9 Å². The zero-order valence-corrected chi connectivity index (χ0v) is 10.2. The highest BCUT2D eigenvalue weighted by molar-refractivity contribution is 5.35. The molecule has 1 rings (SSSR count). The zero-order valence-electron chi connectivity index (χ0n) is 10.2. The van der Waals surface area contributed by atoms with Gasteiger partial charge in [-0.25, -0.2) is 0 Å². The smallest absolute Gasteiger partial charge is 0.405 e. The fraction of sp³-hybridized carbons (Fsp3) is 0.500. The van der Waals surface area contributed by atoms with Crippen LogP contribution in [0.25, 0.3) is 0 Å². The Hall–Kier alpha value is -1.27. The van der Waals surface area contributed by atoms with Crippen molar-refractivity contribution in [3.63, 3.8) is 0 Å². The summed E-state index contributed by atoms with van der Waals surface area (Å²) >= 11 is 0. The minimum atomic E-state index is -4.71. The highest BCUT2D eigenvalue weighted by Gasteiger charge is 2.32. The van der Waals surface area contributed by atoms with E-state index in [-0.39, 0.29) is 24.4 Å². The number of halogens is 3. The van der Waals surface area contributed by atoms with Crippen molar-refractivity contribution in [1.29, 1.82) is 0 Å². The van der Waals surface area contributed by atoms with E-state index in [4.69, 9.17) is 5.11 Å². The quantitative estimate of drug-likeness (QED) is 0.858. The van der Waals surface area contributed by atoms with E-state index in [2.05, 4.69) is 10.1 Å². The Morgan fingerprint density at radius 2 is 1.89 bits per heavy atom. The molecule has 1 aromatic rings. The molecule has 6 heteroatoms. The molecule has 0 aliphatic rings. The number of nitrogens with one attached hydrogen (secondary N) is 1. The minimum Gasteiger partial charge on any atom is -0.405 e. The summed E-state index contributed by atoms with van der Waals surface area (Å²) in [5, 5.41) is 11.9. The summed E-state index contributed by atoms with van der Waals surface area (Å²) in [6, 6.07) is 5.38. The number of hydrogen-bond donors (Lipinski definition) is 2. The molecule has 0 bridgehead atoms. The standard InChI is InChI=1S/C12H16F3NO2/c1-8(7-17)16-9(2)10-5-3-4-6-11(10)18-12(13,14)15/h3-6,8-9,16-17H,7H2,1-2H3/t8-,9-/m0/s1. The van der Waals surface area contributed by atoms with Crippen molar-refractivity contribution in [1.82, 2.24) is 5.32 Å². The lowest BCUT2D eigenvalue weighted by molar-refractivity contribution is -0.275. The van der Waals surface area contributed by atoms with Gasteiger partial charge in [0, 0.05) is 17.6 Å². The van der Waals surface area contributed by atoms with E-state index in [1.54, 1.807) is 26.0 Å². The lowest BCUT2D eigenvalue weighted by Crippen LogP contribution is -2.32. The largest absolute Gasteiger partial charge is 0.573 e. The van der Waals surface area contributed by atoms with Gasteiger partial charge in [0.25, 0.3) is 0 Å². The first kappa shape index (κ1) is 14.8. The van der Waals surface area contributed by atoms with Crippen molar-refractivity contribution < 1.29 is 23.0 Å². The first-order valence-electron chi connectivity index (χ1n) is 5.55. The van der Waals surface area contributed by atoms with Crippen LogP contribution in [-0.2, 0) is 0 Å². The van der Waals surface area contributed by atoms with Crippen LogP contribution in [0.5, 0.6) is 5.75 Å². The maximum atomic E-state index is 12.2. The number of alkyl halides is 3. The van der Waals surface area contributed by atoms with Gasteiger partial charge in [0.15, 0.2) is 0 Å². The van der Waals surface area contributed by atoms with E-state index in [0.717, 1.165) is 0 Å². The van der Waals surface area contributed by atoms with Gasteiger partial charge >= 0.3 is 6.36 Å². The molecule has 3 nitrogen and oxygen atoms in total. The van der Waals surface area contributed by atoms with Gasteiger partial charge in [-0.1, -0.05) is 18.2 Å². The fourth-order valence-corrected chi connectivity index (χ4v) is 1.63. The van der Waals surface area contributed by atoms with Crippen molar-refractivity contribution in [2.24, 2.45) is 0 Å². The van der Waals surface area contributed by atoms with Gasteiger partial charge in [0.2, 0.25) is 0 Å². The second kappa shape index (κ2) is 6.06.